The van der Waals surface area contributed by atoms with E-state index in [1.807, 2.05) is 0 Å². The maximum absolute atomic E-state index is 3.62. The second-order valence-corrected chi connectivity index (χ2v) is 6.49. The lowest BCUT2D eigenvalue weighted by Crippen LogP contribution is -2.24. The Hall–Kier alpha value is -0.470. The molecule has 0 aliphatic rings. The van der Waals surface area contributed by atoms with E-state index in [4.69, 9.17) is 0 Å². The fourth-order valence-electron chi connectivity index (χ4n) is 2.10. The number of hydrogen-bond acceptors (Lipinski definition) is 2. The van der Waals surface area contributed by atoms with E-state index in [2.05, 4.69) is 69.9 Å². The molecule has 1 aromatic rings. The van der Waals surface area contributed by atoms with E-state index in [1.165, 1.54) is 23.1 Å². The van der Waals surface area contributed by atoms with E-state index in [9.17, 15) is 0 Å². The topological polar surface area (TPSA) is 12.0 Å². The lowest BCUT2D eigenvalue weighted by Gasteiger charge is -2.22. The van der Waals surface area contributed by atoms with Gasteiger partial charge in [-0.3, -0.25) is 0 Å². The molecule has 102 valence electrons. The van der Waals surface area contributed by atoms with Gasteiger partial charge in [0.05, 0.1) is 0 Å². The molecule has 2 atom stereocenters. The summed E-state index contributed by atoms with van der Waals surface area (Å²) < 4.78 is 0. The third-order valence-corrected chi connectivity index (χ3v) is 4.80. The second-order valence-electron chi connectivity index (χ2n) is 5.02. The average molecular weight is 265 g/mol. The van der Waals surface area contributed by atoms with Gasteiger partial charge in [0, 0.05) is 17.0 Å². The average Bonchev–Trinajstić information content (AvgIpc) is 2.34. The van der Waals surface area contributed by atoms with Crippen molar-refractivity contribution in [2.24, 2.45) is 0 Å². The molecule has 2 heteroatoms. The summed E-state index contributed by atoms with van der Waals surface area (Å²) in [5, 5.41) is 4.36. The van der Waals surface area contributed by atoms with Crippen molar-refractivity contribution >= 4 is 11.8 Å². The Morgan fingerprint density at radius 1 is 1.22 bits per heavy atom. The summed E-state index contributed by atoms with van der Waals surface area (Å²) in [4.78, 5) is 0. The Labute approximate surface area is 117 Å². The molecule has 1 aromatic carbocycles. The number of hydrogen-bond donors (Lipinski definition) is 1. The van der Waals surface area contributed by atoms with Gasteiger partial charge in [-0.05, 0) is 37.9 Å². The monoisotopic (exact) mass is 265 g/mol. The third-order valence-electron chi connectivity index (χ3n) is 3.37. The minimum absolute atomic E-state index is 0.481. The Morgan fingerprint density at radius 3 is 2.50 bits per heavy atom. The smallest absolute Gasteiger partial charge is 0.0414 e. The Bertz CT molecular complexity index is 362. The summed E-state index contributed by atoms with van der Waals surface area (Å²) in [6, 6.07) is 7.28. The molecule has 0 aliphatic carbocycles. The van der Waals surface area contributed by atoms with Gasteiger partial charge in [0.25, 0.3) is 0 Å². The summed E-state index contributed by atoms with van der Waals surface area (Å²) in [6.07, 6.45) is 1.25. The van der Waals surface area contributed by atoms with Gasteiger partial charge in [0.2, 0.25) is 0 Å². The zero-order valence-corrected chi connectivity index (χ0v) is 13.2. The van der Waals surface area contributed by atoms with Gasteiger partial charge in [0.15, 0.2) is 0 Å². The fourth-order valence-corrected chi connectivity index (χ4v) is 3.15. The van der Waals surface area contributed by atoms with Crippen LogP contribution in [0.3, 0.4) is 0 Å². The van der Waals surface area contributed by atoms with Crippen molar-refractivity contribution in [2.45, 2.75) is 52.3 Å². The zero-order chi connectivity index (χ0) is 13.5. The van der Waals surface area contributed by atoms with Crippen LogP contribution in [0.25, 0.3) is 0 Å². The van der Waals surface area contributed by atoms with Crippen LogP contribution in [0.1, 0.15) is 49.9 Å². The van der Waals surface area contributed by atoms with E-state index in [1.54, 1.807) is 0 Å². The minimum Gasteiger partial charge on any atom is -0.310 e. The molecule has 0 fully saturated rings. The normalized spacial score (nSPS) is 14.5. The van der Waals surface area contributed by atoms with Crippen molar-refractivity contribution in [3.8, 4) is 0 Å². The molecule has 2 unspecified atom stereocenters. The lowest BCUT2D eigenvalue weighted by atomic mass is 10.0. The Balaban J connectivity index is 2.76. The second kappa shape index (κ2) is 7.85. The van der Waals surface area contributed by atoms with Crippen LogP contribution in [0.5, 0.6) is 0 Å². The van der Waals surface area contributed by atoms with Gasteiger partial charge in [-0.2, -0.15) is 11.8 Å². The fraction of sp³-hybridized carbons (Fsp3) is 0.625. The molecule has 0 aliphatic heterocycles. The highest BCUT2D eigenvalue weighted by Gasteiger charge is 2.14. The summed E-state index contributed by atoms with van der Waals surface area (Å²) >= 11 is 2.07. The third kappa shape index (κ3) is 4.66. The highest BCUT2D eigenvalue weighted by molar-refractivity contribution is 7.99. The Kier molecular flexibility index (Phi) is 6.80. The molecule has 1 rings (SSSR count). The molecule has 0 radical (unpaired) electrons. The number of benzene rings is 1. The molecule has 0 spiro atoms. The molecule has 0 saturated heterocycles. The SMILES string of the molecule is CCNC(CSC(C)CC)c1ccc(C)cc1C. The minimum atomic E-state index is 0.481. The maximum atomic E-state index is 3.62. The number of nitrogens with one attached hydrogen (secondary N) is 1. The zero-order valence-electron chi connectivity index (χ0n) is 12.4. The lowest BCUT2D eigenvalue weighted by molar-refractivity contribution is 0.602. The predicted molar refractivity (Wildman–Crippen MR) is 84.5 cm³/mol. The molecule has 1 nitrogen and oxygen atoms in total. The number of aryl methyl sites for hydroxylation is 2. The van der Waals surface area contributed by atoms with E-state index < -0.39 is 0 Å². The van der Waals surface area contributed by atoms with Crippen LogP contribution in [-0.2, 0) is 0 Å². The molecule has 0 aromatic heterocycles. The van der Waals surface area contributed by atoms with Crippen molar-refractivity contribution in [3.05, 3.63) is 34.9 Å². The predicted octanol–water partition coefficient (Wildman–Crippen LogP) is 4.49. The van der Waals surface area contributed by atoms with Crippen LogP contribution in [0.4, 0.5) is 0 Å². The van der Waals surface area contributed by atoms with Gasteiger partial charge in [-0.15, -0.1) is 0 Å². The van der Waals surface area contributed by atoms with E-state index in [0.717, 1.165) is 17.5 Å². The first kappa shape index (κ1) is 15.6. The molecule has 1 N–H and O–H groups in total. The highest BCUT2D eigenvalue weighted by Crippen LogP contribution is 2.25. The first-order valence-electron chi connectivity index (χ1n) is 7.00. The maximum Gasteiger partial charge on any atom is 0.0414 e. The van der Waals surface area contributed by atoms with E-state index in [-0.39, 0.29) is 0 Å². The molecular weight excluding hydrogens is 238 g/mol. The quantitative estimate of drug-likeness (QED) is 0.780. The number of thioether (sulfide) groups is 1. The van der Waals surface area contributed by atoms with Crippen molar-refractivity contribution in [1.82, 2.24) is 5.32 Å². The van der Waals surface area contributed by atoms with Gasteiger partial charge < -0.3 is 5.32 Å². The number of rotatable bonds is 7. The first-order valence-corrected chi connectivity index (χ1v) is 8.05. The summed E-state index contributed by atoms with van der Waals surface area (Å²) in [5.74, 6) is 1.16. The summed E-state index contributed by atoms with van der Waals surface area (Å²) in [6.45, 7) is 12.2. The van der Waals surface area contributed by atoms with Crippen LogP contribution in [0, 0.1) is 13.8 Å². The molecule has 18 heavy (non-hydrogen) atoms. The van der Waals surface area contributed by atoms with Crippen LogP contribution in [0.2, 0.25) is 0 Å². The largest absolute Gasteiger partial charge is 0.310 e. The van der Waals surface area contributed by atoms with Crippen molar-refractivity contribution in [3.63, 3.8) is 0 Å². The standard InChI is InChI=1S/C16H27NS/c1-6-14(5)18-11-16(17-7-2)15-9-8-12(3)10-13(15)4/h8-10,14,16-17H,6-7,11H2,1-5H3. The molecule has 0 saturated carbocycles. The summed E-state index contributed by atoms with van der Waals surface area (Å²) in [7, 11) is 0. The Morgan fingerprint density at radius 2 is 1.94 bits per heavy atom. The van der Waals surface area contributed by atoms with Gasteiger partial charge in [-0.25, -0.2) is 0 Å². The van der Waals surface area contributed by atoms with Gasteiger partial charge in [-0.1, -0.05) is 44.5 Å². The van der Waals surface area contributed by atoms with Crippen LogP contribution in [-0.4, -0.2) is 17.5 Å². The van der Waals surface area contributed by atoms with Gasteiger partial charge in [0.1, 0.15) is 0 Å². The van der Waals surface area contributed by atoms with Crippen molar-refractivity contribution in [2.75, 3.05) is 12.3 Å². The molecular formula is C16H27NS. The van der Waals surface area contributed by atoms with E-state index >= 15 is 0 Å². The van der Waals surface area contributed by atoms with Crippen molar-refractivity contribution < 1.29 is 0 Å². The highest BCUT2D eigenvalue weighted by atomic mass is 32.2. The first-order chi connectivity index (χ1) is 8.58. The molecule has 0 heterocycles. The van der Waals surface area contributed by atoms with E-state index in [0.29, 0.717) is 6.04 Å². The van der Waals surface area contributed by atoms with Crippen LogP contribution < -0.4 is 5.32 Å². The van der Waals surface area contributed by atoms with Crippen molar-refractivity contribution in [1.29, 1.82) is 0 Å². The molecule has 0 amide bonds. The molecule has 0 bridgehead atoms. The van der Waals surface area contributed by atoms with Gasteiger partial charge >= 0.3 is 0 Å². The van der Waals surface area contributed by atoms with Crippen LogP contribution >= 0.6 is 11.8 Å². The summed E-state index contributed by atoms with van der Waals surface area (Å²) in [5.41, 5.74) is 4.21. The van der Waals surface area contributed by atoms with Crippen LogP contribution in [0.15, 0.2) is 18.2 Å².